The first-order chi connectivity index (χ1) is 12.1. The summed E-state index contributed by atoms with van der Waals surface area (Å²) in [5, 5.41) is 6.49. The second kappa shape index (κ2) is 9.38. The lowest BCUT2D eigenvalue weighted by molar-refractivity contribution is -0.117. The van der Waals surface area contributed by atoms with Crippen molar-refractivity contribution in [3.05, 3.63) is 29.8 Å². The summed E-state index contributed by atoms with van der Waals surface area (Å²) in [6.45, 7) is 5.30. The summed E-state index contributed by atoms with van der Waals surface area (Å²) in [6, 6.07) is 7.64. The third-order valence-electron chi connectivity index (χ3n) is 5.61. The van der Waals surface area contributed by atoms with Crippen LogP contribution in [-0.2, 0) is 4.79 Å². The van der Waals surface area contributed by atoms with Gasteiger partial charge in [0.25, 0.3) is 5.91 Å². The molecule has 0 radical (unpaired) electrons. The van der Waals surface area contributed by atoms with Gasteiger partial charge >= 0.3 is 0 Å². The molecule has 1 aromatic rings. The molecule has 0 bridgehead atoms. The molecule has 1 aliphatic heterocycles. The second-order valence-electron chi connectivity index (χ2n) is 7.15. The van der Waals surface area contributed by atoms with E-state index < -0.39 is 0 Å². The fraction of sp³-hybridized carbons (Fsp3) is 0.600. The molecular weight excluding hydrogens is 350 g/mol. The number of hydrogen-bond donors (Lipinski definition) is 2. The highest BCUT2D eigenvalue weighted by Gasteiger charge is 2.38. The monoisotopic (exact) mass is 379 g/mol. The molecule has 6 heteroatoms. The number of fused-ring (bicyclic) bond motifs is 1. The minimum atomic E-state index is -0.116. The molecule has 1 aliphatic carbocycles. The number of halogens is 1. The Balaban J connectivity index is 0.00000243. The molecule has 1 aromatic carbocycles. The van der Waals surface area contributed by atoms with Crippen molar-refractivity contribution in [1.82, 2.24) is 10.2 Å². The molecule has 1 heterocycles. The molecule has 144 valence electrons. The number of anilines is 1. The van der Waals surface area contributed by atoms with Crippen molar-refractivity contribution in [2.45, 2.75) is 58.0 Å². The van der Waals surface area contributed by atoms with Gasteiger partial charge in [-0.1, -0.05) is 18.9 Å². The third kappa shape index (κ3) is 4.57. The summed E-state index contributed by atoms with van der Waals surface area (Å²) >= 11 is 0. The van der Waals surface area contributed by atoms with E-state index in [0.717, 1.165) is 6.42 Å². The van der Waals surface area contributed by atoms with Gasteiger partial charge in [0, 0.05) is 30.4 Å². The van der Waals surface area contributed by atoms with Crippen molar-refractivity contribution in [2.75, 3.05) is 18.4 Å². The Morgan fingerprint density at radius 1 is 1.19 bits per heavy atom. The molecular formula is C20H30ClN3O2. The topological polar surface area (TPSA) is 61.4 Å². The number of nitrogens with zero attached hydrogens (tertiary/aromatic N) is 1. The average Bonchev–Trinajstić information content (AvgIpc) is 3.07. The van der Waals surface area contributed by atoms with Crippen molar-refractivity contribution in [2.24, 2.45) is 5.92 Å². The van der Waals surface area contributed by atoms with Crippen molar-refractivity contribution in [3.8, 4) is 0 Å². The van der Waals surface area contributed by atoms with Crippen LogP contribution in [0, 0.1) is 5.92 Å². The van der Waals surface area contributed by atoms with Crippen molar-refractivity contribution in [3.63, 3.8) is 0 Å². The molecule has 1 saturated heterocycles. The lowest BCUT2D eigenvalue weighted by Crippen LogP contribution is -2.39. The first-order valence-electron chi connectivity index (χ1n) is 9.58. The first kappa shape index (κ1) is 20.7. The fourth-order valence-corrected chi connectivity index (χ4v) is 4.17. The predicted octanol–water partition coefficient (Wildman–Crippen LogP) is 3.45. The Hall–Kier alpha value is -1.59. The van der Waals surface area contributed by atoms with Gasteiger partial charge < -0.3 is 15.5 Å². The standard InChI is InChI=1S/C20H29N3O2.ClH/c1-3-23(4-2)20(25)15-9-7-10-16(12-15)21-19(24)18-13-14-8-5-6-11-17(14)22-18;/h7,9-10,12,14,17-18,22H,3-6,8,11,13H2,1-2H3,(H,21,24);1H. The number of nitrogens with one attached hydrogen (secondary N) is 2. The van der Waals surface area contributed by atoms with E-state index in [4.69, 9.17) is 0 Å². The van der Waals surface area contributed by atoms with Crippen LogP contribution < -0.4 is 10.6 Å². The van der Waals surface area contributed by atoms with Crippen LogP contribution >= 0.6 is 12.4 Å². The highest BCUT2D eigenvalue weighted by molar-refractivity contribution is 5.98. The van der Waals surface area contributed by atoms with E-state index >= 15 is 0 Å². The van der Waals surface area contributed by atoms with E-state index in [0.29, 0.717) is 36.3 Å². The highest BCUT2D eigenvalue weighted by atomic mass is 35.5. The number of carbonyl (C=O) groups is 2. The van der Waals surface area contributed by atoms with Gasteiger partial charge in [0.05, 0.1) is 6.04 Å². The van der Waals surface area contributed by atoms with Crippen LogP contribution in [0.15, 0.2) is 24.3 Å². The zero-order valence-electron chi connectivity index (χ0n) is 15.7. The summed E-state index contributed by atoms with van der Waals surface area (Å²) in [5.41, 5.74) is 1.31. The molecule has 5 nitrogen and oxygen atoms in total. The summed E-state index contributed by atoms with van der Waals surface area (Å²) in [5.74, 6) is 0.660. The van der Waals surface area contributed by atoms with Crippen LogP contribution in [0.3, 0.4) is 0 Å². The maximum Gasteiger partial charge on any atom is 0.253 e. The Labute approximate surface area is 162 Å². The summed E-state index contributed by atoms with van der Waals surface area (Å²) in [4.78, 5) is 26.9. The van der Waals surface area contributed by atoms with Crippen LogP contribution in [0.2, 0.25) is 0 Å². The molecule has 26 heavy (non-hydrogen) atoms. The van der Waals surface area contributed by atoms with E-state index in [9.17, 15) is 9.59 Å². The van der Waals surface area contributed by atoms with Crippen LogP contribution in [0.5, 0.6) is 0 Å². The lowest BCUT2D eigenvalue weighted by atomic mass is 9.85. The predicted molar refractivity (Wildman–Crippen MR) is 107 cm³/mol. The zero-order chi connectivity index (χ0) is 17.8. The smallest absolute Gasteiger partial charge is 0.253 e. The molecule has 0 spiro atoms. The minimum Gasteiger partial charge on any atom is -0.339 e. The highest BCUT2D eigenvalue weighted by Crippen LogP contribution is 2.33. The maximum atomic E-state index is 12.6. The molecule has 2 N–H and O–H groups in total. The minimum absolute atomic E-state index is 0. The zero-order valence-corrected chi connectivity index (χ0v) is 16.5. The number of hydrogen-bond acceptors (Lipinski definition) is 3. The van der Waals surface area contributed by atoms with Crippen LogP contribution in [0.25, 0.3) is 0 Å². The molecule has 3 rings (SSSR count). The van der Waals surface area contributed by atoms with E-state index in [-0.39, 0.29) is 30.3 Å². The van der Waals surface area contributed by atoms with E-state index in [1.807, 2.05) is 26.0 Å². The largest absolute Gasteiger partial charge is 0.339 e. The first-order valence-corrected chi connectivity index (χ1v) is 9.58. The van der Waals surface area contributed by atoms with E-state index in [1.54, 1.807) is 17.0 Å². The lowest BCUT2D eigenvalue weighted by Gasteiger charge is -2.24. The number of amides is 2. The van der Waals surface area contributed by atoms with Gasteiger partial charge in [-0.25, -0.2) is 0 Å². The van der Waals surface area contributed by atoms with Gasteiger partial charge in [0.2, 0.25) is 5.91 Å². The Bertz CT molecular complexity index is 619. The summed E-state index contributed by atoms with van der Waals surface area (Å²) < 4.78 is 0. The van der Waals surface area contributed by atoms with Crippen molar-refractivity contribution >= 4 is 29.9 Å². The number of benzene rings is 1. The molecule has 1 saturated carbocycles. The number of rotatable bonds is 5. The van der Waals surface area contributed by atoms with Gasteiger partial charge in [-0.05, 0) is 57.2 Å². The van der Waals surface area contributed by atoms with Gasteiger partial charge in [-0.3, -0.25) is 9.59 Å². The van der Waals surface area contributed by atoms with Crippen molar-refractivity contribution in [1.29, 1.82) is 0 Å². The van der Waals surface area contributed by atoms with Crippen molar-refractivity contribution < 1.29 is 9.59 Å². The summed E-state index contributed by atoms with van der Waals surface area (Å²) in [6.07, 6.45) is 5.89. The Morgan fingerprint density at radius 3 is 2.62 bits per heavy atom. The second-order valence-corrected chi connectivity index (χ2v) is 7.15. The summed E-state index contributed by atoms with van der Waals surface area (Å²) in [7, 11) is 0. The van der Waals surface area contributed by atoms with Crippen LogP contribution in [0.4, 0.5) is 5.69 Å². The molecule has 3 unspecified atom stereocenters. The molecule has 3 atom stereocenters. The van der Waals surface area contributed by atoms with E-state index in [1.165, 1.54) is 25.7 Å². The Kier molecular flexibility index (Phi) is 7.47. The molecule has 0 aromatic heterocycles. The molecule has 2 amide bonds. The van der Waals surface area contributed by atoms with Crippen LogP contribution in [0.1, 0.15) is 56.3 Å². The SMILES string of the molecule is CCN(CC)C(=O)c1cccc(NC(=O)C2CC3CCCCC3N2)c1.Cl. The van der Waals surface area contributed by atoms with Crippen LogP contribution in [-0.4, -0.2) is 41.9 Å². The van der Waals surface area contributed by atoms with Gasteiger partial charge in [0.15, 0.2) is 0 Å². The van der Waals surface area contributed by atoms with E-state index in [2.05, 4.69) is 10.6 Å². The molecule has 2 aliphatic rings. The quantitative estimate of drug-likeness (QED) is 0.823. The van der Waals surface area contributed by atoms with Gasteiger partial charge in [-0.15, -0.1) is 12.4 Å². The van der Waals surface area contributed by atoms with Gasteiger partial charge in [-0.2, -0.15) is 0 Å². The normalized spacial score (nSPS) is 24.3. The number of carbonyl (C=O) groups excluding carboxylic acids is 2. The molecule has 2 fully saturated rings. The third-order valence-corrected chi connectivity index (χ3v) is 5.61. The Morgan fingerprint density at radius 2 is 1.92 bits per heavy atom. The maximum absolute atomic E-state index is 12.6. The fourth-order valence-electron chi connectivity index (χ4n) is 4.17. The van der Waals surface area contributed by atoms with Gasteiger partial charge in [0.1, 0.15) is 0 Å². The average molecular weight is 380 g/mol.